The zero-order valence-electron chi connectivity index (χ0n) is 9.64. The van der Waals surface area contributed by atoms with Crippen molar-refractivity contribution in [3.05, 3.63) is 84.4 Å². The first-order chi connectivity index (χ1) is 7.86. The molecule has 2 rings (SSSR count). The zero-order valence-corrected chi connectivity index (χ0v) is 11.2. The molecule has 0 saturated carbocycles. The Morgan fingerprint density at radius 1 is 0.824 bits per heavy atom. The van der Waals surface area contributed by atoms with Crippen LogP contribution in [0, 0.1) is 0 Å². The van der Waals surface area contributed by atoms with E-state index in [1.54, 1.807) is 0 Å². The third-order valence-corrected chi connectivity index (χ3v) is 2.42. The van der Waals surface area contributed by atoms with E-state index >= 15 is 0 Å². The van der Waals surface area contributed by atoms with Gasteiger partial charge in [0, 0.05) is 21.7 Å². The average Bonchev–Trinajstić information content (AvgIpc) is 2.38. The van der Waals surface area contributed by atoms with E-state index in [1.165, 1.54) is 5.56 Å². The van der Waals surface area contributed by atoms with Crippen LogP contribution in [0.15, 0.2) is 73.3 Å². The fraction of sp³-hybridized carbons (Fsp3) is 0. The minimum atomic E-state index is 0. The molecule has 0 N–H and O–H groups in total. The monoisotopic (exact) mass is 254 g/mol. The van der Waals surface area contributed by atoms with Crippen molar-refractivity contribution in [3.63, 3.8) is 0 Å². The summed E-state index contributed by atoms with van der Waals surface area (Å²) in [6, 6.07) is 20.4. The quantitative estimate of drug-likeness (QED) is 0.562. The third-order valence-electron chi connectivity index (χ3n) is 2.42. The van der Waals surface area contributed by atoms with Crippen LogP contribution in [0.3, 0.4) is 0 Å². The van der Waals surface area contributed by atoms with Gasteiger partial charge in [0.25, 0.3) is 0 Å². The maximum atomic E-state index is 4.05. The van der Waals surface area contributed by atoms with Crippen LogP contribution in [-0.4, -0.2) is 0 Å². The molecule has 0 saturated heterocycles. The van der Waals surface area contributed by atoms with Gasteiger partial charge >= 0.3 is 0 Å². The normalized spacial score (nSPS) is 9.88. The Hall–Kier alpha value is -1.37. The third kappa shape index (κ3) is 4.18. The van der Waals surface area contributed by atoms with Crippen molar-refractivity contribution in [1.29, 1.82) is 0 Å². The summed E-state index contributed by atoms with van der Waals surface area (Å²) in [5, 5.41) is 0. The van der Waals surface area contributed by atoms with Crippen molar-refractivity contribution >= 4 is 11.6 Å². The fourth-order valence-electron chi connectivity index (χ4n) is 1.51. The van der Waals surface area contributed by atoms with Crippen LogP contribution in [0.1, 0.15) is 11.1 Å². The van der Waals surface area contributed by atoms with E-state index in [-0.39, 0.29) is 21.7 Å². The van der Waals surface area contributed by atoms with Gasteiger partial charge in [-0.1, -0.05) is 79.4 Å². The topological polar surface area (TPSA) is 0 Å². The van der Waals surface area contributed by atoms with Crippen LogP contribution < -0.4 is 0 Å². The summed E-state index contributed by atoms with van der Waals surface area (Å²) < 4.78 is 0. The van der Waals surface area contributed by atoms with Crippen molar-refractivity contribution in [2.45, 2.75) is 0 Å². The molecule has 1 heteroatoms. The second-order valence-electron chi connectivity index (χ2n) is 3.64. The summed E-state index contributed by atoms with van der Waals surface area (Å²) in [5.41, 5.74) is 3.39. The van der Waals surface area contributed by atoms with Gasteiger partial charge in [-0.15, -0.1) is 0 Å². The van der Waals surface area contributed by atoms with E-state index in [9.17, 15) is 0 Å². The number of hydrogen-bond donors (Lipinski definition) is 0. The first-order valence-corrected chi connectivity index (χ1v) is 5.34. The summed E-state index contributed by atoms with van der Waals surface area (Å²) in [5.74, 6) is 0. The standard InChI is InChI=1S/C16H14.Ti/c1-14(16-10-6-3-7-11-16)12-13-15-8-4-2-5-9-15;/h2-13H,1H2;. The second kappa shape index (κ2) is 7.06. The number of hydrogen-bond acceptors (Lipinski definition) is 0. The largest absolute Gasteiger partial charge is 0.0912 e. The molecular weight excluding hydrogens is 240 g/mol. The minimum absolute atomic E-state index is 0. The summed E-state index contributed by atoms with van der Waals surface area (Å²) in [4.78, 5) is 0. The van der Waals surface area contributed by atoms with E-state index in [0.717, 1.165) is 11.1 Å². The van der Waals surface area contributed by atoms with Crippen LogP contribution in [0.2, 0.25) is 0 Å². The van der Waals surface area contributed by atoms with Gasteiger partial charge in [0.1, 0.15) is 0 Å². The Morgan fingerprint density at radius 3 is 1.94 bits per heavy atom. The predicted molar refractivity (Wildman–Crippen MR) is 71.0 cm³/mol. The molecule has 0 unspecified atom stereocenters. The molecule has 0 fully saturated rings. The molecule has 0 bridgehead atoms. The van der Waals surface area contributed by atoms with E-state index < -0.39 is 0 Å². The van der Waals surface area contributed by atoms with E-state index in [2.05, 4.69) is 36.9 Å². The molecule has 0 aliphatic heterocycles. The predicted octanol–water partition coefficient (Wildman–Crippen LogP) is 4.41. The molecule has 0 amide bonds. The molecule has 0 aliphatic carbocycles. The molecule has 0 heterocycles. The second-order valence-corrected chi connectivity index (χ2v) is 3.64. The maximum absolute atomic E-state index is 4.05. The summed E-state index contributed by atoms with van der Waals surface area (Å²) >= 11 is 0. The van der Waals surface area contributed by atoms with E-state index in [0.29, 0.717) is 0 Å². The van der Waals surface area contributed by atoms with Crippen molar-refractivity contribution in [2.24, 2.45) is 0 Å². The van der Waals surface area contributed by atoms with Crippen molar-refractivity contribution < 1.29 is 21.7 Å². The Kier molecular flexibility index (Phi) is 5.69. The molecular formula is C16H14Ti. The van der Waals surface area contributed by atoms with Gasteiger partial charge in [-0.05, 0) is 16.7 Å². The van der Waals surface area contributed by atoms with Crippen molar-refractivity contribution in [1.82, 2.24) is 0 Å². The Bertz CT molecular complexity index is 483. The summed E-state index contributed by atoms with van der Waals surface area (Å²) in [7, 11) is 0. The van der Waals surface area contributed by atoms with Crippen LogP contribution >= 0.6 is 0 Å². The minimum Gasteiger partial charge on any atom is -0.0912 e. The molecule has 0 aromatic heterocycles. The van der Waals surface area contributed by atoms with Crippen LogP contribution in [0.4, 0.5) is 0 Å². The molecule has 0 spiro atoms. The van der Waals surface area contributed by atoms with Gasteiger partial charge in [-0.2, -0.15) is 0 Å². The van der Waals surface area contributed by atoms with Gasteiger partial charge in [0.2, 0.25) is 0 Å². The van der Waals surface area contributed by atoms with Gasteiger partial charge in [0.15, 0.2) is 0 Å². The Morgan fingerprint density at radius 2 is 1.35 bits per heavy atom. The molecule has 82 valence electrons. The smallest absolute Gasteiger partial charge is 0 e. The molecule has 17 heavy (non-hydrogen) atoms. The SMILES string of the molecule is C=C(C=Cc1ccccc1)c1ccccc1.[Ti]. The molecule has 0 aliphatic rings. The average molecular weight is 254 g/mol. The molecule has 2 aromatic carbocycles. The number of benzene rings is 2. The van der Waals surface area contributed by atoms with Gasteiger partial charge in [0.05, 0.1) is 0 Å². The Labute approximate surface area is 118 Å². The number of rotatable bonds is 3. The first-order valence-electron chi connectivity index (χ1n) is 5.34. The summed E-state index contributed by atoms with van der Waals surface area (Å²) in [6.07, 6.45) is 4.12. The molecule has 0 nitrogen and oxygen atoms in total. The maximum Gasteiger partial charge on any atom is 0 e. The van der Waals surface area contributed by atoms with Crippen molar-refractivity contribution in [3.8, 4) is 0 Å². The number of allylic oxidation sites excluding steroid dienone is 2. The van der Waals surface area contributed by atoms with E-state index in [1.807, 2.05) is 42.5 Å². The van der Waals surface area contributed by atoms with Gasteiger partial charge < -0.3 is 0 Å². The first kappa shape index (κ1) is 13.7. The van der Waals surface area contributed by atoms with E-state index in [4.69, 9.17) is 0 Å². The van der Waals surface area contributed by atoms with Gasteiger partial charge in [-0.3, -0.25) is 0 Å². The van der Waals surface area contributed by atoms with Crippen LogP contribution in [0.25, 0.3) is 11.6 Å². The van der Waals surface area contributed by atoms with Crippen LogP contribution in [-0.2, 0) is 21.7 Å². The van der Waals surface area contributed by atoms with Crippen LogP contribution in [0.5, 0.6) is 0 Å². The zero-order chi connectivity index (χ0) is 11.2. The molecule has 0 atom stereocenters. The summed E-state index contributed by atoms with van der Waals surface area (Å²) in [6.45, 7) is 4.05. The van der Waals surface area contributed by atoms with Gasteiger partial charge in [-0.25, -0.2) is 0 Å². The molecule has 2 aromatic rings. The Balaban J connectivity index is 0.00000144. The molecule has 0 radical (unpaired) electrons. The van der Waals surface area contributed by atoms with Crippen molar-refractivity contribution in [2.75, 3.05) is 0 Å². The fourth-order valence-corrected chi connectivity index (χ4v) is 1.51.